The highest BCUT2D eigenvalue weighted by Gasteiger charge is 2.22. The van der Waals surface area contributed by atoms with Crippen molar-refractivity contribution in [1.82, 2.24) is 4.90 Å². The zero-order valence-corrected chi connectivity index (χ0v) is 12.9. The second kappa shape index (κ2) is 5.80. The predicted octanol–water partition coefficient (Wildman–Crippen LogP) is 4.53. The van der Waals surface area contributed by atoms with Gasteiger partial charge in [-0.15, -0.1) is 0 Å². The summed E-state index contributed by atoms with van der Waals surface area (Å²) in [5, 5.41) is 0.533. The first-order valence-electron chi connectivity index (χ1n) is 5.76. The highest BCUT2D eigenvalue weighted by molar-refractivity contribution is 9.10. The monoisotopic (exact) mass is 341 g/mol. The Morgan fingerprint density at radius 1 is 1.42 bits per heavy atom. The molecule has 0 N–H and O–H groups in total. The Labute approximate surface area is 125 Å². The Morgan fingerprint density at radius 2 is 2.16 bits per heavy atom. The van der Waals surface area contributed by atoms with Gasteiger partial charge in [0, 0.05) is 16.5 Å². The lowest BCUT2D eigenvalue weighted by Gasteiger charge is -2.24. The van der Waals surface area contributed by atoms with Crippen LogP contribution in [0.25, 0.3) is 0 Å². The Bertz CT molecular complexity index is 583. The molecule has 0 bridgehead atoms. The van der Waals surface area contributed by atoms with E-state index in [-0.39, 0.29) is 11.9 Å². The molecule has 1 heterocycles. The molecular formula is C14H13BrClNO2. The van der Waals surface area contributed by atoms with Crippen LogP contribution in [-0.2, 0) is 0 Å². The molecule has 0 saturated heterocycles. The zero-order valence-electron chi connectivity index (χ0n) is 10.6. The SMILES string of the molecule is CC(c1ccco1)N(C)C(=O)c1cc(Cl)ccc1Br. The minimum absolute atomic E-state index is 0.113. The van der Waals surface area contributed by atoms with Crippen LogP contribution in [0.5, 0.6) is 0 Å². The number of benzene rings is 1. The smallest absolute Gasteiger partial charge is 0.255 e. The van der Waals surface area contributed by atoms with Crippen LogP contribution in [0.15, 0.2) is 45.5 Å². The molecule has 1 unspecified atom stereocenters. The van der Waals surface area contributed by atoms with Crippen LogP contribution in [0, 0.1) is 0 Å². The molecule has 0 aliphatic rings. The van der Waals surface area contributed by atoms with E-state index in [1.165, 1.54) is 0 Å². The fourth-order valence-corrected chi connectivity index (χ4v) is 2.34. The molecule has 2 rings (SSSR count). The second-order valence-electron chi connectivity index (χ2n) is 4.23. The maximum Gasteiger partial charge on any atom is 0.255 e. The summed E-state index contributed by atoms with van der Waals surface area (Å²) in [6.07, 6.45) is 1.60. The van der Waals surface area contributed by atoms with Crippen molar-refractivity contribution in [3.8, 4) is 0 Å². The summed E-state index contributed by atoms with van der Waals surface area (Å²) in [6, 6.07) is 8.66. The molecule has 2 aromatic rings. The topological polar surface area (TPSA) is 33.5 Å². The molecule has 0 aliphatic carbocycles. The second-order valence-corrected chi connectivity index (χ2v) is 5.52. The molecule has 5 heteroatoms. The zero-order chi connectivity index (χ0) is 14.0. The van der Waals surface area contributed by atoms with Crippen molar-refractivity contribution >= 4 is 33.4 Å². The lowest BCUT2D eigenvalue weighted by molar-refractivity contribution is 0.0725. The third-order valence-corrected chi connectivity index (χ3v) is 3.94. The van der Waals surface area contributed by atoms with Crippen molar-refractivity contribution in [3.05, 3.63) is 57.4 Å². The molecule has 0 aliphatic heterocycles. The number of hydrogen-bond donors (Lipinski definition) is 0. The molecule has 1 aromatic heterocycles. The molecule has 1 atom stereocenters. The largest absolute Gasteiger partial charge is 0.467 e. The van der Waals surface area contributed by atoms with Crippen LogP contribution in [0.1, 0.15) is 29.1 Å². The van der Waals surface area contributed by atoms with Gasteiger partial charge >= 0.3 is 0 Å². The maximum atomic E-state index is 12.4. The van der Waals surface area contributed by atoms with Crippen molar-refractivity contribution in [2.45, 2.75) is 13.0 Å². The van der Waals surface area contributed by atoms with Gasteiger partial charge in [0.2, 0.25) is 0 Å². The van der Waals surface area contributed by atoms with Gasteiger partial charge in [-0.1, -0.05) is 11.6 Å². The Hall–Kier alpha value is -1.26. The van der Waals surface area contributed by atoms with Crippen LogP contribution in [0.4, 0.5) is 0 Å². The van der Waals surface area contributed by atoms with E-state index in [1.54, 1.807) is 42.5 Å². The minimum Gasteiger partial charge on any atom is -0.467 e. The quantitative estimate of drug-likeness (QED) is 0.821. The summed E-state index contributed by atoms with van der Waals surface area (Å²) in [5.41, 5.74) is 0.536. The first-order valence-corrected chi connectivity index (χ1v) is 6.93. The predicted molar refractivity (Wildman–Crippen MR) is 78.4 cm³/mol. The molecule has 19 heavy (non-hydrogen) atoms. The highest BCUT2D eigenvalue weighted by Crippen LogP contribution is 2.26. The van der Waals surface area contributed by atoms with Gasteiger partial charge in [-0.3, -0.25) is 4.79 Å². The van der Waals surface area contributed by atoms with Crippen LogP contribution < -0.4 is 0 Å². The van der Waals surface area contributed by atoms with Gasteiger partial charge in [-0.05, 0) is 53.2 Å². The third-order valence-electron chi connectivity index (χ3n) is 3.02. The van der Waals surface area contributed by atoms with Gasteiger partial charge in [0.1, 0.15) is 5.76 Å². The van der Waals surface area contributed by atoms with Crippen molar-refractivity contribution in [3.63, 3.8) is 0 Å². The molecule has 3 nitrogen and oxygen atoms in total. The molecule has 100 valence electrons. The van der Waals surface area contributed by atoms with Gasteiger partial charge < -0.3 is 9.32 Å². The number of amides is 1. The first kappa shape index (κ1) is 14.2. The van der Waals surface area contributed by atoms with Crippen molar-refractivity contribution in [1.29, 1.82) is 0 Å². The summed E-state index contributed by atoms with van der Waals surface area (Å²) >= 11 is 9.30. The normalized spacial score (nSPS) is 12.2. The highest BCUT2D eigenvalue weighted by atomic mass is 79.9. The van der Waals surface area contributed by atoms with Gasteiger partial charge in [-0.25, -0.2) is 0 Å². The summed E-state index contributed by atoms with van der Waals surface area (Å²) in [5.74, 6) is 0.632. The molecule has 0 fully saturated rings. The van der Waals surface area contributed by atoms with E-state index in [0.717, 1.165) is 10.2 Å². The molecule has 0 radical (unpaired) electrons. The van der Waals surface area contributed by atoms with Crippen molar-refractivity contribution in [2.24, 2.45) is 0 Å². The number of halogens is 2. The van der Waals surface area contributed by atoms with Crippen LogP contribution in [-0.4, -0.2) is 17.9 Å². The molecule has 1 aromatic carbocycles. The lowest BCUT2D eigenvalue weighted by Crippen LogP contribution is -2.29. The molecule has 0 saturated carbocycles. The maximum absolute atomic E-state index is 12.4. The van der Waals surface area contributed by atoms with Gasteiger partial charge in [0.05, 0.1) is 17.9 Å². The fourth-order valence-electron chi connectivity index (χ4n) is 1.75. The minimum atomic E-state index is -0.145. The Balaban J connectivity index is 2.26. The van der Waals surface area contributed by atoms with Gasteiger partial charge in [0.15, 0.2) is 0 Å². The number of nitrogens with zero attached hydrogens (tertiary/aromatic N) is 1. The molecule has 1 amide bonds. The van der Waals surface area contributed by atoms with Crippen molar-refractivity contribution < 1.29 is 9.21 Å². The van der Waals surface area contributed by atoms with Crippen LogP contribution >= 0.6 is 27.5 Å². The van der Waals surface area contributed by atoms with E-state index in [0.29, 0.717) is 10.6 Å². The van der Waals surface area contributed by atoms with E-state index in [2.05, 4.69) is 15.9 Å². The lowest BCUT2D eigenvalue weighted by atomic mass is 10.1. The number of carbonyl (C=O) groups is 1. The summed E-state index contributed by atoms with van der Waals surface area (Å²) in [4.78, 5) is 14.1. The van der Waals surface area contributed by atoms with Gasteiger partial charge in [-0.2, -0.15) is 0 Å². The van der Waals surface area contributed by atoms with Crippen molar-refractivity contribution in [2.75, 3.05) is 7.05 Å². The van der Waals surface area contributed by atoms with E-state index in [4.69, 9.17) is 16.0 Å². The summed E-state index contributed by atoms with van der Waals surface area (Å²) in [7, 11) is 1.74. The summed E-state index contributed by atoms with van der Waals surface area (Å²) < 4.78 is 6.05. The average Bonchev–Trinajstić information content (AvgIpc) is 2.93. The molecule has 0 spiro atoms. The Kier molecular flexibility index (Phi) is 4.32. The van der Waals surface area contributed by atoms with E-state index < -0.39 is 0 Å². The van der Waals surface area contributed by atoms with E-state index in [9.17, 15) is 4.79 Å². The average molecular weight is 343 g/mol. The standard InChI is InChI=1S/C14H13BrClNO2/c1-9(13-4-3-7-19-13)17(2)14(18)11-8-10(16)5-6-12(11)15/h3-9H,1-2H3. The first-order chi connectivity index (χ1) is 9.00. The number of hydrogen-bond acceptors (Lipinski definition) is 2. The Morgan fingerprint density at radius 3 is 2.79 bits per heavy atom. The van der Waals surface area contributed by atoms with Gasteiger partial charge in [0.25, 0.3) is 5.91 Å². The summed E-state index contributed by atoms with van der Waals surface area (Å²) in [6.45, 7) is 1.91. The van der Waals surface area contributed by atoms with E-state index in [1.807, 2.05) is 13.0 Å². The van der Waals surface area contributed by atoms with Crippen LogP contribution in [0.2, 0.25) is 5.02 Å². The number of furan rings is 1. The third kappa shape index (κ3) is 3.01. The van der Waals surface area contributed by atoms with E-state index >= 15 is 0 Å². The molecular weight excluding hydrogens is 330 g/mol. The number of carbonyl (C=O) groups excluding carboxylic acids is 1. The number of rotatable bonds is 3. The fraction of sp³-hybridized carbons (Fsp3) is 0.214. The van der Waals surface area contributed by atoms with Crippen LogP contribution in [0.3, 0.4) is 0 Å².